The minimum absolute atomic E-state index is 0.0583. The highest BCUT2D eigenvalue weighted by molar-refractivity contribution is 5.85. The van der Waals surface area contributed by atoms with Crippen LogP contribution in [0.2, 0.25) is 0 Å². The number of rotatable bonds is 6. The van der Waals surface area contributed by atoms with Gasteiger partial charge in [-0.1, -0.05) is 25.9 Å². The maximum atomic E-state index is 12.1. The average Bonchev–Trinajstić information content (AvgIpc) is 2.19. The van der Waals surface area contributed by atoms with E-state index in [4.69, 9.17) is 5.53 Å². The molecule has 18 heavy (non-hydrogen) atoms. The lowest BCUT2D eigenvalue weighted by atomic mass is 9.89. The lowest BCUT2D eigenvalue weighted by molar-refractivity contribution is -0.128. The van der Waals surface area contributed by atoms with Crippen LogP contribution in [0.5, 0.6) is 0 Å². The standard InChI is InChI=1S/C13H26N4O/c1-12(2,3)11(18)10-17(13(4,5)6)9-7-8-15-16-14/h7-10H2,1-6H3. The van der Waals surface area contributed by atoms with Gasteiger partial charge in [0, 0.05) is 22.4 Å². The van der Waals surface area contributed by atoms with Gasteiger partial charge in [0.2, 0.25) is 0 Å². The van der Waals surface area contributed by atoms with Crippen LogP contribution in [0.4, 0.5) is 0 Å². The molecule has 0 aromatic carbocycles. The van der Waals surface area contributed by atoms with E-state index in [-0.39, 0.29) is 16.7 Å². The van der Waals surface area contributed by atoms with Crippen molar-refractivity contribution in [2.24, 2.45) is 10.5 Å². The van der Waals surface area contributed by atoms with Crippen molar-refractivity contribution in [1.29, 1.82) is 0 Å². The van der Waals surface area contributed by atoms with Gasteiger partial charge in [-0.05, 0) is 39.3 Å². The van der Waals surface area contributed by atoms with Crippen LogP contribution in [0.1, 0.15) is 48.0 Å². The number of carbonyl (C=O) groups excluding carboxylic acids is 1. The third kappa shape index (κ3) is 6.62. The van der Waals surface area contributed by atoms with Gasteiger partial charge in [0.15, 0.2) is 5.78 Å². The molecule has 0 aromatic rings. The number of ketones is 1. The van der Waals surface area contributed by atoms with Crippen molar-refractivity contribution in [2.75, 3.05) is 19.6 Å². The average molecular weight is 254 g/mol. The Bertz CT molecular complexity index is 319. The van der Waals surface area contributed by atoms with Crippen molar-refractivity contribution >= 4 is 5.78 Å². The summed E-state index contributed by atoms with van der Waals surface area (Å²) in [7, 11) is 0. The monoisotopic (exact) mass is 254 g/mol. The quantitative estimate of drug-likeness (QED) is 0.315. The van der Waals surface area contributed by atoms with Crippen LogP contribution in [-0.4, -0.2) is 35.9 Å². The molecule has 0 radical (unpaired) electrons. The maximum Gasteiger partial charge on any atom is 0.152 e. The molecule has 0 aliphatic heterocycles. The summed E-state index contributed by atoms with van der Waals surface area (Å²) in [4.78, 5) is 17.0. The summed E-state index contributed by atoms with van der Waals surface area (Å²) in [6, 6.07) is 0. The molecule has 5 heteroatoms. The largest absolute Gasteiger partial charge is 0.298 e. The van der Waals surface area contributed by atoms with Crippen LogP contribution >= 0.6 is 0 Å². The molecular weight excluding hydrogens is 228 g/mol. The molecular formula is C13H26N4O. The van der Waals surface area contributed by atoms with Crippen molar-refractivity contribution in [1.82, 2.24) is 4.90 Å². The number of hydrogen-bond acceptors (Lipinski definition) is 3. The summed E-state index contributed by atoms with van der Waals surface area (Å²) in [5.41, 5.74) is 7.86. The Hall–Kier alpha value is -1.06. The van der Waals surface area contributed by atoms with Crippen LogP contribution in [0, 0.1) is 5.41 Å². The van der Waals surface area contributed by atoms with Gasteiger partial charge in [0.05, 0.1) is 6.54 Å². The molecule has 0 aliphatic rings. The van der Waals surface area contributed by atoms with Gasteiger partial charge in [0.1, 0.15) is 0 Å². The molecule has 0 saturated heterocycles. The predicted molar refractivity (Wildman–Crippen MR) is 74.4 cm³/mol. The molecule has 0 rings (SSSR count). The number of hydrogen-bond donors (Lipinski definition) is 0. The number of azide groups is 1. The molecule has 0 atom stereocenters. The first-order valence-electron chi connectivity index (χ1n) is 6.38. The zero-order chi connectivity index (χ0) is 14.4. The fourth-order valence-corrected chi connectivity index (χ4v) is 1.44. The SMILES string of the molecule is CC(C)(C)C(=O)CN(CCCN=[N+]=[N-])C(C)(C)C. The van der Waals surface area contributed by atoms with Gasteiger partial charge < -0.3 is 0 Å². The summed E-state index contributed by atoms with van der Waals surface area (Å²) >= 11 is 0. The van der Waals surface area contributed by atoms with Crippen molar-refractivity contribution in [3.8, 4) is 0 Å². The summed E-state index contributed by atoms with van der Waals surface area (Å²) in [5, 5.41) is 3.52. The Morgan fingerprint density at radius 2 is 1.78 bits per heavy atom. The third-order valence-corrected chi connectivity index (χ3v) is 2.87. The summed E-state index contributed by atoms with van der Waals surface area (Å²) in [5.74, 6) is 0.237. The topological polar surface area (TPSA) is 69.1 Å². The highest BCUT2D eigenvalue weighted by Gasteiger charge is 2.28. The second-order valence-electron chi connectivity index (χ2n) is 6.57. The van der Waals surface area contributed by atoms with E-state index < -0.39 is 0 Å². The van der Waals surface area contributed by atoms with Crippen molar-refractivity contribution in [3.63, 3.8) is 0 Å². The fraction of sp³-hybridized carbons (Fsp3) is 0.923. The van der Waals surface area contributed by atoms with E-state index in [1.165, 1.54) is 0 Å². The second kappa shape index (κ2) is 6.76. The van der Waals surface area contributed by atoms with E-state index >= 15 is 0 Å². The van der Waals surface area contributed by atoms with E-state index in [1.54, 1.807) is 0 Å². The van der Waals surface area contributed by atoms with Gasteiger partial charge in [0.25, 0.3) is 0 Å². The molecule has 0 spiro atoms. The highest BCUT2D eigenvalue weighted by Crippen LogP contribution is 2.19. The van der Waals surface area contributed by atoms with Gasteiger partial charge in [-0.25, -0.2) is 0 Å². The van der Waals surface area contributed by atoms with E-state index in [0.29, 0.717) is 13.1 Å². The molecule has 0 bridgehead atoms. The maximum absolute atomic E-state index is 12.1. The lowest BCUT2D eigenvalue weighted by Crippen LogP contribution is -2.47. The van der Waals surface area contributed by atoms with Gasteiger partial charge in [-0.15, -0.1) is 0 Å². The smallest absolute Gasteiger partial charge is 0.152 e. The zero-order valence-corrected chi connectivity index (χ0v) is 12.5. The Morgan fingerprint density at radius 1 is 1.22 bits per heavy atom. The van der Waals surface area contributed by atoms with Gasteiger partial charge >= 0.3 is 0 Å². The van der Waals surface area contributed by atoms with E-state index in [9.17, 15) is 4.79 Å². The summed E-state index contributed by atoms with van der Waals surface area (Å²) in [6.45, 7) is 13.8. The van der Waals surface area contributed by atoms with Crippen molar-refractivity contribution in [2.45, 2.75) is 53.5 Å². The Labute approximate surface area is 110 Å². The molecule has 0 unspecified atom stereocenters. The molecule has 0 fully saturated rings. The minimum Gasteiger partial charge on any atom is -0.298 e. The number of nitrogens with zero attached hydrogens (tertiary/aromatic N) is 4. The van der Waals surface area contributed by atoms with Crippen LogP contribution in [0.15, 0.2) is 5.11 Å². The first-order chi connectivity index (χ1) is 8.09. The van der Waals surface area contributed by atoms with Gasteiger partial charge in [-0.2, -0.15) is 0 Å². The minimum atomic E-state index is -0.311. The second-order valence-corrected chi connectivity index (χ2v) is 6.57. The van der Waals surface area contributed by atoms with Crippen molar-refractivity contribution < 1.29 is 4.79 Å². The van der Waals surface area contributed by atoms with E-state index in [2.05, 4.69) is 35.7 Å². The Morgan fingerprint density at radius 3 is 2.17 bits per heavy atom. The molecule has 0 amide bonds. The van der Waals surface area contributed by atoms with E-state index in [0.717, 1.165) is 13.0 Å². The van der Waals surface area contributed by atoms with E-state index in [1.807, 2.05) is 20.8 Å². The molecule has 5 nitrogen and oxygen atoms in total. The Balaban J connectivity index is 4.52. The first-order valence-corrected chi connectivity index (χ1v) is 6.38. The Kier molecular flexibility index (Phi) is 6.36. The number of carbonyl (C=O) groups is 1. The molecule has 0 heterocycles. The normalized spacial score (nSPS) is 12.4. The molecule has 0 saturated carbocycles. The summed E-state index contributed by atoms with van der Waals surface area (Å²) < 4.78 is 0. The summed E-state index contributed by atoms with van der Waals surface area (Å²) in [6.07, 6.45) is 0.777. The molecule has 0 aliphatic carbocycles. The van der Waals surface area contributed by atoms with Crippen molar-refractivity contribution in [3.05, 3.63) is 10.4 Å². The number of Topliss-reactive ketones (excluding diaryl/α,β-unsaturated/α-hetero) is 1. The molecule has 104 valence electrons. The zero-order valence-electron chi connectivity index (χ0n) is 12.5. The first kappa shape index (κ1) is 16.9. The third-order valence-electron chi connectivity index (χ3n) is 2.87. The van der Waals surface area contributed by atoms with Crippen LogP contribution < -0.4 is 0 Å². The fourth-order valence-electron chi connectivity index (χ4n) is 1.44. The van der Waals surface area contributed by atoms with Gasteiger partial charge in [-0.3, -0.25) is 9.69 Å². The molecule has 0 N–H and O–H groups in total. The van der Waals surface area contributed by atoms with Crippen LogP contribution in [0.25, 0.3) is 10.4 Å². The predicted octanol–water partition coefficient (Wildman–Crippen LogP) is 3.40. The van der Waals surface area contributed by atoms with Crippen LogP contribution in [-0.2, 0) is 4.79 Å². The lowest BCUT2D eigenvalue weighted by Gasteiger charge is -2.36. The highest BCUT2D eigenvalue weighted by atomic mass is 16.1. The molecule has 0 aromatic heterocycles. The van der Waals surface area contributed by atoms with Crippen LogP contribution in [0.3, 0.4) is 0 Å².